The van der Waals surface area contributed by atoms with Crippen LogP contribution >= 0.6 is 0 Å². The van der Waals surface area contributed by atoms with Crippen molar-refractivity contribution in [3.8, 4) is 5.82 Å². The van der Waals surface area contributed by atoms with E-state index >= 15 is 0 Å². The van der Waals surface area contributed by atoms with Gasteiger partial charge in [-0.15, -0.1) is 0 Å². The lowest BCUT2D eigenvalue weighted by atomic mass is 9.78. The Labute approximate surface area is 151 Å². The first kappa shape index (κ1) is 16.9. The maximum absolute atomic E-state index is 12.8. The Morgan fingerprint density at radius 3 is 2.42 bits per heavy atom. The third-order valence-electron chi connectivity index (χ3n) is 5.20. The van der Waals surface area contributed by atoms with Gasteiger partial charge >= 0.3 is 7.12 Å². The van der Waals surface area contributed by atoms with Crippen molar-refractivity contribution in [3.63, 3.8) is 0 Å². The van der Waals surface area contributed by atoms with E-state index in [0.717, 1.165) is 10.8 Å². The molecular formula is C19H20BN3O3. The second-order valence-electron chi connectivity index (χ2n) is 7.48. The van der Waals surface area contributed by atoms with Crippen molar-refractivity contribution in [1.82, 2.24) is 14.8 Å². The average Bonchev–Trinajstić information content (AvgIpc) is 2.83. The first-order valence-electron chi connectivity index (χ1n) is 8.58. The SMILES string of the molecule is CC1(C)OB(c2ccc3c(=O)n(-c4ccccn4)ncc3c2)OC1(C)C. The van der Waals surface area contributed by atoms with Crippen molar-refractivity contribution in [1.29, 1.82) is 0 Å². The molecule has 1 aliphatic heterocycles. The Balaban J connectivity index is 1.75. The van der Waals surface area contributed by atoms with Gasteiger partial charge in [-0.05, 0) is 51.4 Å². The van der Waals surface area contributed by atoms with Crippen molar-refractivity contribution in [3.05, 3.63) is 59.1 Å². The van der Waals surface area contributed by atoms with Gasteiger partial charge in [0.15, 0.2) is 5.82 Å². The third-order valence-corrected chi connectivity index (χ3v) is 5.20. The lowest BCUT2D eigenvalue weighted by Crippen LogP contribution is -2.41. The normalized spacial score (nSPS) is 18.4. The minimum atomic E-state index is -0.470. The molecule has 0 aliphatic carbocycles. The fraction of sp³-hybridized carbons (Fsp3) is 0.316. The summed E-state index contributed by atoms with van der Waals surface area (Å²) >= 11 is 0. The van der Waals surface area contributed by atoms with Gasteiger partial charge in [0, 0.05) is 11.6 Å². The lowest BCUT2D eigenvalue weighted by Gasteiger charge is -2.32. The van der Waals surface area contributed by atoms with E-state index in [1.807, 2.05) is 45.9 Å². The number of benzene rings is 1. The van der Waals surface area contributed by atoms with Crippen LogP contribution in [0.3, 0.4) is 0 Å². The molecule has 7 heteroatoms. The molecule has 0 atom stereocenters. The molecule has 26 heavy (non-hydrogen) atoms. The van der Waals surface area contributed by atoms with Gasteiger partial charge in [-0.3, -0.25) is 4.79 Å². The molecule has 0 N–H and O–H groups in total. The molecule has 1 saturated heterocycles. The summed E-state index contributed by atoms with van der Waals surface area (Å²) in [5, 5.41) is 5.58. The largest absolute Gasteiger partial charge is 0.494 e. The Morgan fingerprint density at radius 1 is 1.04 bits per heavy atom. The summed E-state index contributed by atoms with van der Waals surface area (Å²) in [6, 6.07) is 10.9. The van der Waals surface area contributed by atoms with E-state index in [9.17, 15) is 4.79 Å². The number of aromatic nitrogens is 3. The van der Waals surface area contributed by atoms with Gasteiger partial charge in [-0.2, -0.15) is 9.78 Å². The highest BCUT2D eigenvalue weighted by molar-refractivity contribution is 6.62. The topological polar surface area (TPSA) is 66.2 Å². The number of nitrogens with zero attached hydrogens (tertiary/aromatic N) is 3. The second kappa shape index (κ2) is 5.76. The van der Waals surface area contributed by atoms with Gasteiger partial charge in [0.25, 0.3) is 5.56 Å². The molecule has 2 aromatic heterocycles. The molecule has 1 fully saturated rings. The molecule has 4 rings (SSSR count). The summed E-state index contributed by atoms with van der Waals surface area (Å²) in [4.78, 5) is 17.0. The van der Waals surface area contributed by atoms with E-state index in [1.165, 1.54) is 4.68 Å². The molecule has 132 valence electrons. The van der Waals surface area contributed by atoms with Gasteiger partial charge in [-0.1, -0.05) is 18.2 Å². The molecule has 3 heterocycles. The molecule has 1 aromatic carbocycles. The predicted molar refractivity (Wildman–Crippen MR) is 101 cm³/mol. The van der Waals surface area contributed by atoms with Crippen LogP contribution in [0.1, 0.15) is 27.7 Å². The smallest absolute Gasteiger partial charge is 0.399 e. The zero-order valence-corrected chi connectivity index (χ0v) is 15.3. The first-order valence-corrected chi connectivity index (χ1v) is 8.58. The molecule has 0 unspecified atom stereocenters. The highest BCUT2D eigenvalue weighted by Gasteiger charge is 2.51. The maximum Gasteiger partial charge on any atom is 0.494 e. The van der Waals surface area contributed by atoms with Crippen molar-refractivity contribution in [2.24, 2.45) is 0 Å². The van der Waals surface area contributed by atoms with E-state index < -0.39 is 18.3 Å². The highest BCUT2D eigenvalue weighted by atomic mass is 16.7. The van der Waals surface area contributed by atoms with Crippen LogP contribution in [0.25, 0.3) is 16.6 Å². The molecule has 0 radical (unpaired) electrons. The number of fused-ring (bicyclic) bond motifs is 1. The standard InChI is InChI=1S/C19H20BN3O3/c1-18(2)19(3,4)26-20(25-18)14-8-9-15-13(11-14)12-22-23(17(15)24)16-7-5-6-10-21-16/h5-12H,1-4H3. The molecule has 0 amide bonds. The fourth-order valence-electron chi connectivity index (χ4n) is 2.94. The van der Waals surface area contributed by atoms with E-state index in [1.54, 1.807) is 30.6 Å². The van der Waals surface area contributed by atoms with Crippen LogP contribution in [-0.4, -0.2) is 33.1 Å². The van der Waals surface area contributed by atoms with Crippen molar-refractivity contribution < 1.29 is 9.31 Å². The molecular weight excluding hydrogens is 329 g/mol. The zero-order valence-electron chi connectivity index (χ0n) is 15.3. The van der Waals surface area contributed by atoms with E-state index in [0.29, 0.717) is 11.2 Å². The predicted octanol–water partition coefficient (Wildman–Crippen LogP) is 2.08. The zero-order chi connectivity index (χ0) is 18.5. The number of hydrogen-bond donors (Lipinski definition) is 0. The van der Waals surface area contributed by atoms with Crippen LogP contribution in [0.2, 0.25) is 0 Å². The van der Waals surface area contributed by atoms with Gasteiger partial charge in [0.2, 0.25) is 0 Å². The Hall–Kier alpha value is -2.51. The second-order valence-corrected chi connectivity index (χ2v) is 7.48. The summed E-state index contributed by atoms with van der Waals surface area (Å²) in [6.07, 6.45) is 3.30. The Morgan fingerprint density at radius 2 is 1.77 bits per heavy atom. The maximum atomic E-state index is 12.8. The molecule has 0 saturated carbocycles. The number of rotatable bonds is 2. The fourth-order valence-corrected chi connectivity index (χ4v) is 2.94. The summed E-state index contributed by atoms with van der Waals surface area (Å²) in [6.45, 7) is 8.06. The first-order chi connectivity index (χ1) is 12.3. The molecule has 3 aromatic rings. The quantitative estimate of drug-likeness (QED) is 0.663. The summed E-state index contributed by atoms with van der Waals surface area (Å²) in [5.41, 5.74) is -0.157. The minimum Gasteiger partial charge on any atom is -0.399 e. The minimum absolute atomic E-state index is 0.207. The Kier molecular flexibility index (Phi) is 3.75. The Bertz CT molecular complexity index is 1020. The van der Waals surface area contributed by atoms with E-state index in [2.05, 4.69) is 10.1 Å². The molecule has 6 nitrogen and oxygen atoms in total. The van der Waals surface area contributed by atoms with Crippen LogP contribution in [-0.2, 0) is 9.31 Å². The van der Waals surface area contributed by atoms with Crippen LogP contribution in [0.5, 0.6) is 0 Å². The highest BCUT2D eigenvalue weighted by Crippen LogP contribution is 2.36. The monoisotopic (exact) mass is 349 g/mol. The van der Waals surface area contributed by atoms with Crippen molar-refractivity contribution in [2.75, 3.05) is 0 Å². The van der Waals surface area contributed by atoms with Crippen LogP contribution in [0.4, 0.5) is 0 Å². The van der Waals surface area contributed by atoms with Gasteiger partial charge in [0.1, 0.15) is 0 Å². The summed E-state index contributed by atoms with van der Waals surface area (Å²) in [5.74, 6) is 0.495. The van der Waals surface area contributed by atoms with Gasteiger partial charge in [-0.25, -0.2) is 4.98 Å². The molecule has 0 spiro atoms. The van der Waals surface area contributed by atoms with Crippen LogP contribution in [0, 0.1) is 0 Å². The van der Waals surface area contributed by atoms with Crippen molar-refractivity contribution >= 4 is 23.4 Å². The van der Waals surface area contributed by atoms with Gasteiger partial charge in [0.05, 0.1) is 22.8 Å². The van der Waals surface area contributed by atoms with Crippen molar-refractivity contribution in [2.45, 2.75) is 38.9 Å². The molecule has 0 bridgehead atoms. The summed E-state index contributed by atoms with van der Waals surface area (Å²) < 4.78 is 13.5. The summed E-state index contributed by atoms with van der Waals surface area (Å²) in [7, 11) is -0.470. The lowest BCUT2D eigenvalue weighted by molar-refractivity contribution is 0.00578. The average molecular weight is 349 g/mol. The van der Waals surface area contributed by atoms with Crippen LogP contribution in [0.15, 0.2) is 53.6 Å². The van der Waals surface area contributed by atoms with E-state index in [4.69, 9.17) is 9.31 Å². The number of pyridine rings is 1. The van der Waals surface area contributed by atoms with Gasteiger partial charge < -0.3 is 9.31 Å². The van der Waals surface area contributed by atoms with Crippen LogP contribution < -0.4 is 11.0 Å². The van der Waals surface area contributed by atoms with E-state index in [-0.39, 0.29) is 5.56 Å². The number of hydrogen-bond acceptors (Lipinski definition) is 5. The molecule has 1 aliphatic rings. The third kappa shape index (κ3) is 2.64.